The van der Waals surface area contributed by atoms with E-state index in [2.05, 4.69) is 4.72 Å². The van der Waals surface area contributed by atoms with Gasteiger partial charge in [0.2, 0.25) is 0 Å². The van der Waals surface area contributed by atoms with Crippen LogP contribution in [0.15, 0.2) is 36.4 Å². The number of hydrogen-bond donors (Lipinski definition) is 1. The smallest absolute Gasteiger partial charge is 0.302 e. The average molecular weight is 383 g/mol. The van der Waals surface area contributed by atoms with E-state index in [1.54, 1.807) is 0 Å². The van der Waals surface area contributed by atoms with Crippen molar-refractivity contribution in [1.29, 1.82) is 0 Å². The van der Waals surface area contributed by atoms with Crippen LogP contribution in [0.25, 0.3) is 0 Å². The summed E-state index contributed by atoms with van der Waals surface area (Å²) < 4.78 is 40.0. The van der Waals surface area contributed by atoms with Crippen LogP contribution >= 0.6 is 11.6 Å². The summed E-state index contributed by atoms with van der Waals surface area (Å²) in [7, 11) is -0.828. The van der Waals surface area contributed by atoms with Gasteiger partial charge in [0.15, 0.2) is 0 Å². The lowest BCUT2D eigenvalue weighted by Gasteiger charge is -2.28. The molecule has 0 amide bonds. The molecule has 6 nitrogen and oxygen atoms in total. The van der Waals surface area contributed by atoms with Gasteiger partial charge in [0.25, 0.3) is 0 Å². The van der Waals surface area contributed by atoms with Gasteiger partial charge < -0.3 is 9.47 Å². The van der Waals surface area contributed by atoms with Crippen LogP contribution in [-0.4, -0.2) is 33.5 Å². The standard InChI is InChI=1S/C17H19ClN2O4S/c1-23-16-10-15(17(24-2)9-14(16)18)19-25(21,22)20-8-7-12-5-3-4-6-13(12)11-20/h3-6,9-10,19H,7-8,11H2,1-2H3. The molecule has 0 unspecified atom stereocenters. The molecule has 0 bridgehead atoms. The summed E-state index contributed by atoms with van der Waals surface area (Å²) in [5.41, 5.74) is 2.47. The van der Waals surface area contributed by atoms with Crippen molar-refractivity contribution >= 4 is 27.5 Å². The van der Waals surface area contributed by atoms with E-state index >= 15 is 0 Å². The highest BCUT2D eigenvalue weighted by atomic mass is 35.5. The Hall–Kier alpha value is -1.96. The molecule has 134 valence electrons. The van der Waals surface area contributed by atoms with Crippen LogP contribution in [-0.2, 0) is 23.2 Å². The molecule has 8 heteroatoms. The Kier molecular flexibility index (Phi) is 5.08. The van der Waals surface area contributed by atoms with Crippen LogP contribution in [0.4, 0.5) is 5.69 Å². The van der Waals surface area contributed by atoms with E-state index in [0.29, 0.717) is 36.0 Å². The Balaban J connectivity index is 1.87. The third kappa shape index (κ3) is 3.68. The second-order valence-electron chi connectivity index (χ2n) is 5.65. The second kappa shape index (κ2) is 7.11. The number of hydrogen-bond acceptors (Lipinski definition) is 4. The first kappa shape index (κ1) is 17.8. The van der Waals surface area contributed by atoms with Gasteiger partial charge in [-0.3, -0.25) is 4.72 Å². The Bertz CT molecular complexity index is 886. The molecule has 2 aromatic rings. The molecule has 0 aliphatic carbocycles. The van der Waals surface area contributed by atoms with Crippen molar-refractivity contribution in [3.8, 4) is 11.5 Å². The molecule has 2 aromatic carbocycles. The minimum Gasteiger partial charge on any atom is -0.495 e. The van der Waals surface area contributed by atoms with Crippen LogP contribution in [0.3, 0.4) is 0 Å². The summed E-state index contributed by atoms with van der Waals surface area (Å²) in [5.74, 6) is 0.691. The number of methoxy groups -OCH3 is 2. The lowest BCUT2D eigenvalue weighted by molar-refractivity contribution is 0.393. The van der Waals surface area contributed by atoms with E-state index in [9.17, 15) is 8.42 Å². The van der Waals surface area contributed by atoms with Crippen molar-refractivity contribution in [3.63, 3.8) is 0 Å². The van der Waals surface area contributed by atoms with Gasteiger partial charge in [-0.2, -0.15) is 12.7 Å². The van der Waals surface area contributed by atoms with Gasteiger partial charge in [0.1, 0.15) is 11.5 Å². The second-order valence-corrected chi connectivity index (χ2v) is 7.72. The minimum atomic E-state index is -3.74. The number of benzene rings is 2. The van der Waals surface area contributed by atoms with Gasteiger partial charge in [0, 0.05) is 25.2 Å². The Morgan fingerprint density at radius 2 is 1.76 bits per heavy atom. The van der Waals surface area contributed by atoms with E-state index in [-0.39, 0.29) is 5.69 Å². The molecular formula is C17H19ClN2O4S. The summed E-state index contributed by atoms with van der Waals surface area (Å²) in [6, 6.07) is 10.9. The maximum absolute atomic E-state index is 12.8. The van der Waals surface area contributed by atoms with Crippen LogP contribution in [0.1, 0.15) is 11.1 Å². The van der Waals surface area contributed by atoms with Gasteiger partial charge in [-0.25, -0.2) is 0 Å². The quantitative estimate of drug-likeness (QED) is 0.862. The Morgan fingerprint density at radius 1 is 1.08 bits per heavy atom. The first-order valence-corrected chi connectivity index (χ1v) is 9.52. The molecule has 1 heterocycles. The summed E-state index contributed by atoms with van der Waals surface area (Å²) in [5, 5.41) is 0.342. The number of rotatable bonds is 5. The van der Waals surface area contributed by atoms with Gasteiger partial charge in [-0.05, 0) is 17.5 Å². The SMILES string of the molecule is COc1cc(NS(=O)(=O)N2CCc3ccccc3C2)c(OC)cc1Cl. The zero-order chi connectivity index (χ0) is 18.0. The summed E-state index contributed by atoms with van der Waals surface area (Å²) >= 11 is 6.06. The molecular weight excluding hydrogens is 364 g/mol. The lowest BCUT2D eigenvalue weighted by Crippen LogP contribution is -2.39. The van der Waals surface area contributed by atoms with Crippen molar-refractivity contribution in [1.82, 2.24) is 4.31 Å². The van der Waals surface area contributed by atoms with E-state index in [1.165, 1.54) is 36.2 Å². The summed E-state index contributed by atoms with van der Waals surface area (Å²) in [6.07, 6.45) is 0.679. The van der Waals surface area contributed by atoms with Crippen molar-refractivity contribution < 1.29 is 17.9 Å². The normalized spacial score (nSPS) is 14.7. The molecule has 0 saturated carbocycles. The zero-order valence-electron chi connectivity index (χ0n) is 14.0. The Labute approximate surface area is 152 Å². The molecule has 0 aromatic heterocycles. The first-order valence-electron chi connectivity index (χ1n) is 7.71. The van der Waals surface area contributed by atoms with Gasteiger partial charge in [-0.15, -0.1) is 0 Å². The molecule has 0 radical (unpaired) electrons. The average Bonchev–Trinajstić information content (AvgIpc) is 2.62. The minimum absolute atomic E-state index is 0.280. The maximum atomic E-state index is 12.8. The fourth-order valence-electron chi connectivity index (χ4n) is 2.82. The number of nitrogens with zero attached hydrogens (tertiary/aromatic N) is 1. The zero-order valence-corrected chi connectivity index (χ0v) is 15.5. The van der Waals surface area contributed by atoms with Crippen LogP contribution in [0.5, 0.6) is 11.5 Å². The highest BCUT2D eigenvalue weighted by Crippen LogP contribution is 2.36. The summed E-state index contributed by atoms with van der Waals surface area (Å²) in [6.45, 7) is 0.748. The lowest BCUT2D eigenvalue weighted by atomic mass is 10.0. The predicted molar refractivity (Wildman–Crippen MR) is 97.7 cm³/mol. The highest BCUT2D eigenvalue weighted by Gasteiger charge is 2.27. The van der Waals surface area contributed by atoms with Gasteiger partial charge >= 0.3 is 10.2 Å². The maximum Gasteiger partial charge on any atom is 0.302 e. The number of ether oxygens (including phenoxy) is 2. The van der Waals surface area contributed by atoms with Crippen molar-refractivity contribution in [2.75, 3.05) is 25.5 Å². The van der Waals surface area contributed by atoms with Gasteiger partial charge in [-0.1, -0.05) is 35.9 Å². The largest absolute Gasteiger partial charge is 0.495 e. The highest BCUT2D eigenvalue weighted by molar-refractivity contribution is 7.90. The van der Waals surface area contributed by atoms with Gasteiger partial charge in [0.05, 0.1) is 24.9 Å². The summed E-state index contributed by atoms with van der Waals surface area (Å²) in [4.78, 5) is 0. The topological polar surface area (TPSA) is 67.9 Å². The molecule has 3 rings (SSSR count). The molecule has 1 aliphatic rings. The van der Waals surface area contributed by atoms with Crippen LogP contribution in [0.2, 0.25) is 5.02 Å². The number of fused-ring (bicyclic) bond motifs is 1. The number of halogens is 1. The molecule has 1 aliphatic heterocycles. The van der Waals surface area contributed by atoms with Crippen molar-refractivity contribution in [2.45, 2.75) is 13.0 Å². The number of nitrogens with one attached hydrogen (secondary N) is 1. The van der Waals surface area contributed by atoms with E-state index in [1.807, 2.05) is 24.3 Å². The first-order chi connectivity index (χ1) is 11.9. The van der Waals surface area contributed by atoms with Crippen LogP contribution < -0.4 is 14.2 Å². The van der Waals surface area contributed by atoms with E-state index in [0.717, 1.165) is 5.56 Å². The van der Waals surface area contributed by atoms with Crippen LogP contribution in [0, 0.1) is 0 Å². The van der Waals surface area contributed by atoms with Crippen molar-refractivity contribution in [3.05, 3.63) is 52.5 Å². The van der Waals surface area contributed by atoms with Crippen molar-refractivity contribution in [2.24, 2.45) is 0 Å². The molecule has 0 spiro atoms. The third-order valence-corrected chi connectivity index (χ3v) is 5.91. The molecule has 0 atom stereocenters. The fourth-order valence-corrected chi connectivity index (χ4v) is 4.26. The third-order valence-electron chi connectivity index (χ3n) is 4.15. The molecule has 0 saturated heterocycles. The molecule has 0 fully saturated rings. The van der Waals surface area contributed by atoms with E-state index in [4.69, 9.17) is 21.1 Å². The number of anilines is 1. The predicted octanol–water partition coefficient (Wildman–Crippen LogP) is 3.07. The monoisotopic (exact) mass is 382 g/mol. The van der Waals surface area contributed by atoms with E-state index < -0.39 is 10.2 Å². The molecule has 1 N–H and O–H groups in total. The Morgan fingerprint density at radius 3 is 2.44 bits per heavy atom. The fraction of sp³-hybridized carbons (Fsp3) is 0.294. The molecule has 25 heavy (non-hydrogen) atoms.